The van der Waals surface area contributed by atoms with Gasteiger partial charge in [-0.25, -0.2) is 8.42 Å². The van der Waals surface area contributed by atoms with E-state index in [0.29, 0.717) is 36.3 Å². The lowest BCUT2D eigenvalue weighted by molar-refractivity contribution is -0.394. The minimum atomic E-state index is -3.32. The predicted molar refractivity (Wildman–Crippen MR) is 115 cm³/mol. The van der Waals surface area contributed by atoms with Crippen LogP contribution < -0.4 is 10.2 Å². The monoisotopic (exact) mass is 459 g/mol. The zero-order chi connectivity index (χ0) is 22.9. The fourth-order valence-electron chi connectivity index (χ4n) is 3.50. The summed E-state index contributed by atoms with van der Waals surface area (Å²) < 4.78 is 28.5. The molecule has 0 unspecified atom stereocenters. The average Bonchev–Trinajstić information content (AvgIpc) is 3.19. The number of nitro groups is 1. The Kier molecular flexibility index (Phi) is 5.74. The second kappa shape index (κ2) is 8.49. The van der Waals surface area contributed by atoms with E-state index in [1.54, 1.807) is 25.1 Å². The van der Waals surface area contributed by atoms with Gasteiger partial charge in [0, 0.05) is 31.0 Å². The first kappa shape index (κ1) is 21.6. The number of rotatable bonds is 6. The normalized spacial score (nSPS) is 15.0. The van der Waals surface area contributed by atoms with Gasteiger partial charge in [-0.15, -0.1) is 0 Å². The molecule has 4 rings (SSSR count). The SMILES string of the molecule is Cc1noc(C2CCN(c3cc(Nc4ccc(S(C)(=O)=O)cc4)nc([N+](=O)[O-])n3)CC2)n1. The van der Waals surface area contributed by atoms with E-state index in [2.05, 4.69) is 25.4 Å². The molecule has 1 N–H and O–H groups in total. The minimum absolute atomic E-state index is 0.134. The Morgan fingerprint density at radius 3 is 2.41 bits per heavy atom. The summed E-state index contributed by atoms with van der Waals surface area (Å²) in [6.45, 7) is 3.00. The first-order valence-electron chi connectivity index (χ1n) is 9.85. The molecule has 32 heavy (non-hydrogen) atoms. The number of nitrogens with zero attached hydrogens (tertiary/aromatic N) is 6. The van der Waals surface area contributed by atoms with Crippen molar-refractivity contribution in [2.45, 2.75) is 30.6 Å². The fourth-order valence-corrected chi connectivity index (χ4v) is 4.13. The summed E-state index contributed by atoms with van der Waals surface area (Å²) >= 11 is 0. The van der Waals surface area contributed by atoms with E-state index in [0.717, 1.165) is 19.1 Å². The molecule has 0 spiro atoms. The molecule has 0 saturated carbocycles. The Morgan fingerprint density at radius 1 is 1.16 bits per heavy atom. The highest BCUT2D eigenvalue weighted by molar-refractivity contribution is 7.90. The standard InChI is InChI=1S/C19H21N7O5S/c1-12-20-18(31-24-12)13-7-9-25(10-8-13)17-11-16(22-19(23-17)26(27)28)21-14-3-5-15(6-4-14)32(2,29)30/h3-6,11,13H,7-10H2,1-2H3,(H,21,22,23). The molecule has 12 nitrogen and oxygen atoms in total. The van der Waals surface area contributed by atoms with E-state index in [1.165, 1.54) is 12.1 Å². The van der Waals surface area contributed by atoms with Crippen LogP contribution in [0.25, 0.3) is 0 Å². The van der Waals surface area contributed by atoms with E-state index in [-0.39, 0.29) is 16.6 Å². The number of hydrogen-bond donors (Lipinski definition) is 1. The van der Waals surface area contributed by atoms with Gasteiger partial charge in [0.15, 0.2) is 15.7 Å². The van der Waals surface area contributed by atoms with E-state index >= 15 is 0 Å². The van der Waals surface area contributed by atoms with Crippen LogP contribution in [0.2, 0.25) is 0 Å². The van der Waals surface area contributed by atoms with Gasteiger partial charge < -0.3 is 24.9 Å². The van der Waals surface area contributed by atoms with Crippen LogP contribution in [-0.4, -0.2) is 52.8 Å². The number of aryl methyl sites for hydroxylation is 1. The van der Waals surface area contributed by atoms with Crippen LogP contribution in [0.3, 0.4) is 0 Å². The smallest absolute Gasteiger partial charge is 0.390 e. The van der Waals surface area contributed by atoms with Gasteiger partial charge in [0.05, 0.1) is 11.0 Å². The van der Waals surface area contributed by atoms with Crippen molar-refractivity contribution in [2.75, 3.05) is 29.6 Å². The van der Waals surface area contributed by atoms with Crippen molar-refractivity contribution in [3.05, 3.63) is 52.2 Å². The molecular formula is C19H21N7O5S. The highest BCUT2D eigenvalue weighted by Gasteiger charge is 2.28. The number of sulfone groups is 1. The van der Waals surface area contributed by atoms with Gasteiger partial charge in [0.2, 0.25) is 17.5 Å². The number of piperidine rings is 1. The quantitative estimate of drug-likeness (QED) is 0.426. The molecule has 2 aromatic heterocycles. The van der Waals surface area contributed by atoms with Gasteiger partial charge in [-0.3, -0.25) is 0 Å². The summed E-state index contributed by atoms with van der Waals surface area (Å²) in [6, 6.07) is 7.69. The summed E-state index contributed by atoms with van der Waals surface area (Å²) in [4.78, 5) is 25.2. The van der Waals surface area contributed by atoms with Crippen molar-refractivity contribution in [1.82, 2.24) is 20.1 Å². The van der Waals surface area contributed by atoms with Crippen LogP contribution >= 0.6 is 0 Å². The van der Waals surface area contributed by atoms with Crippen molar-refractivity contribution in [2.24, 2.45) is 0 Å². The number of benzene rings is 1. The minimum Gasteiger partial charge on any atom is -0.390 e. The van der Waals surface area contributed by atoms with Crippen LogP contribution in [0.4, 0.5) is 23.3 Å². The molecule has 13 heteroatoms. The van der Waals surface area contributed by atoms with Crippen molar-refractivity contribution in [1.29, 1.82) is 0 Å². The fraction of sp³-hybridized carbons (Fsp3) is 0.368. The Balaban J connectivity index is 1.53. The molecular weight excluding hydrogens is 438 g/mol. The summed E-state index contributed by atoms with van der Waals surface area (Å²) in [5.41, 5.74) is 0.543. The Hall–Kier alpha value is -3.61. The topological polar surface area (TPSA) is 157 Å². The maximum atomic E-state index is 11.6. The van der Waals surface area contributed by atoms with Gasteiger partial charge in [0.25, 0.3) is 0 Å². The second-order valence-electron chi connectivity index (χ2n) is 7.53. The van der Waals surface area contributed by atoms with Crippen molar-refractivity contribution < 1.29 is 17.9 Å². The molecule has 168 valence electrons. The van der Waals surface area contributed by atoms with E-state index in [1.807, 2.05) is 4.90 Å². The molecule has 1 aliphatic rings. The molecule has 1 saturated heterocycles. The Bertz CT molecular complexity index is 1240. The average molecular weight is 459 g/mol. The summed E-state index contributed by atoms with van der Waals surface area (Å²) in [6.07, 6.45) is 2.61. The van der Waals surface area contributed by atoms with Gasteiger partial charge in [-0.2, -0.15) is 4.98 Å². The highest BCUT2D eigenvalue weighted by Crippen LogP contribution is 2.30. The van der Waals surface area contributed by atoms with Crippen LogP contribution in [0.15, 0.2) is 39.8 Å². The molecule has 0 atom stereocenters. The lowest BCUT2D eigenvalue weighted by Crippen LogP contribution is -2.33. The molecule has 3 aromatic rings. The molecule has 3 heterocycles. The number of nitrogens with one attached hydrogen (secondary N) is 1. The summed E-state index contributed by atoms with van der Waals surface area (Å²) in [5, 5.41) is 18.2. The van der Waals surface area contributed by atoms with Gasteiger partial charge in [-0.05, 0) is 58.9 Å². The first-order chi connectivity index (χ1) is 15.2. The van der Waals surface area contributed by atoms with Gasteiger partial charge in [-0.1, -0.05) is 5.16 Å². The Labute approximate surface area is 183 Å². The summed E-state index contributed by atoms with van der Waals surface area (Å²) in [5.74, 6) is 1.48. The molecule has 1 fully saturated rings. The molecule has 0 radical (unpaired) electrons. The van der Waals surface area contributed by atoms with Crippen molar-refractivity contribution in [3.63, 3.8) is 0 Å². The van der Waals surface area contributed by atoms with Crippen LogP contribution in [0, 0.1) is 17.0 Å². The van der Waals surface area contributed by atoms with Crippen LogP contribution in [0.5, 0.6) is 0 Å². The zero-order valence-corrected chi connectivity index (χ0v) is 18.2. The van der Waals surface area contributed by atoms with Gasteiger partial charge in [0.1, 0.15) is 0 Å². The van der Waals surface area contributed by atoms with E-state index in [4.69, 9.17) is 4.52 Å². The van der Waals surface area contributed by atoms with Gasteiger partial charge >= 0.3 is 5.95 Å². The Morgan fingerprint density at radius 2 is 1.84 bits per heavy atom. The second-order valence-corrected chi connectivity index (χ2v) is 9.55. The third kappa shape index (κ3) is 4.82. The molecule has 1 aliphatic heterocycles. The number of aromatic nitrogens is 4. The zero-order valence-electron chi connectivity index (χ0n) is 17.4. The molecule has 0 amide bonds. The number of anilines is 3. The lowest BCUT2D eigenvalue weighted by Gasteiger charge is -2.29. The molecule has 1 aromatic carbocycles. The van der Waals surface area contributed by atoms with Crippen molar-refractivity contribution in [3.8, 4) is 0 Å². The van der Waals surface area contributed by atoms with E-state index in [9.17, 15) is 18.5 Å². The summed E-state index contributed by atoms with van der Waals surface area (Å²) in [7, 11) is -3.32. The predicted octanol–water partition coefficient (Wildman–Crippen LogP) is 2.61. The molecule has 0 aliphatic carbocycles. The van der Waals surface area contributed by atoms with Crippen LogP contribution in [0.1, 0.15) is 30.5 Å². The number of hydrogen-bond acceptors (Lipinski definition) is 11. The maximum absolute atomic E-state index is 11.6. The van der Waals surface area contributed by atoms with Crippen molar-refractivity contribution >= 4 is 33.1 Å². The maximum Gasteiger partial charge on any atom is 0.472 e. The molecule has 0 bridgehead atoms. The first-order valence-corrected chi connectivity index (χ1v) is 11.7. The largest absolute Gasteiger partial charge is 0.472 e. The highest BCUT2D eigenvalue weighted by atomic mass is 32.2. The third-order valence-electron chi connectivity index (χ3n) is 5.13. The third-order valence-corrected chi connectivity index (χ3v) is 6.26. The van der Waals surface area contributed by atoms with E-state index < -0.39 is 20.7 Å². The van der Waals surface area contributed by atoms with Crippen LogP contribution in [-0.2, 0) is 9.84 Å². The lowest BCUT2D eigenvalue weighted by atomic mass is 9.97.